The van der Waals surface area contributed by atoms with Crippen LogP contribution in [0, 0.1) is 0 Å². The van der Waals surface area contributed by atoms with Crippen molar-refractivity contribution >= 4 is 25.5 Å². The lowest BCUT2D eigenvalue weighted by Gasteiger charge is -2.29. The molecule has 3 aliphatic rings. The summed E-state index contributed by atoms with van der Waals surface area (Å²) in [6, 6.07) is 7.15. The van der Waals surface area contributed by atoms with Crippen LogP contribution in [0.5, 0.6) is 5.75 Å². The number of anilines is 1. The molecule has 5 rings (SSSR count). The van der Waals surface area contributed by atoms with E-state index in [1.165, 1.54) is 24.7 Å². The maximum Gasteiger partial charge on any atom is 0.459 e. The van der Waals surface area contributed by atoms with Crippen LogP contribution in [0.1, 0.15) is 71.0 Å². The highest BCUT2D eigenvalue weighted by Gasteiger charge is 2.56. The van der Waals surface area contributed by atoms with Gasteiger partial charge in [0.15, 0.2) is 24.6 Å². The molecule has 3 heterocycles. The van der Waals surface area contributed by atoms with Crippen molar-refractivity contribution in [1.29, 1.82) is 0 Å². The molecule has 14 nitrogen and oxygen atoms in total. The van der Waals surface area contributed by atoms with Gasteiger partial charge in [-0.1, -0.05) is 24.6 Å². The number of hydrogen-bond donors (Lipinski definition) is 4. The number of guanidine groups is 1. The number of fused-ring (bicyclic) bond motifs is 1. The first kappa shape index (κ1) is 32.3. The predicted octanol–water partition coefficient (Wildman–Crippen LogP) is 3.70. The third kappa shape index (κ3) is 7.08. The summed E-state index contributed by atoms with van der Waals surface area (Å²) in [5.74, 6) is -0.0379. The lowest BCUT2D eigenvalue weighted by molar-refractivity contribution is -0.152. The van der Waals surface area contributed by atoms with E-state index in [0.29, 0.717) is 18.1 Å². The Morgan fingerprint density at radius 1 is 1.32 bits per heavy atom. The molecule has 1 aliphatic carbocycles. The molecule has 2 unspecified atom stereocenters. The van der Waals surface area contributed by atoms with Crippen molar-refractivity contribution in [2.45, 2.75) is 95.4 Å². The summed E-state index contributed by atoms with van der Waals surface area (Å²) < 4.78 is 59.7. The fourth-order valence-electron chi connectivity index (χ4n) is 5.45. The Labute approximate surface area is 255 Å². The molecule has 0 radical (unpaired) electrons. The molecular weight excluding hydrogens is 598 g/mol. The van der Waals surface area contributed by atoms with Crippen LogP contribution in [-0.2, 0) is 28.1 Å². The molecule has 16 heteroatoms. The second-order valence-corrected chi connectivity index (χ2v) is 12.9. The number of esters is 1. The van der Waals surface area contributed by atoms with Crippen LogP contribution < -0.4 is 20.7 Å². The van der Waals surface area contributed by atoms with E-state index in [1.807, 2.05) is 0 Å². The molecule has 2 aliphatic heterocycles. The first-order chi connectivity index (χ1) is 21.0. The molecule has 1 saturated heterocycles. The van der Waals surface area contributed by atoms with Gasteiger partial charge in [-0.05, 0) is 58.6 Å². The molecule has 5 N–H and O–H groups in total. The first-order valence-electron chi connectivity index (χ1n) is 14.8. The number of carbonyl (C=O) groups is 1. The van der Waals surface area contributed by atoms with E-state index in [4.69, 9.17) is 29.0 Å². The smallest absolute Gasteiger partial charge is 0.459 e. The number of para-hydroxylation sites is 1. The van der Waals surface area contributed by atoms with Crippen LogP contribution in [0.4, 0.5) is 10.2 Å². The number of ether oxygens (including phenoxy) is 3. The lowest BCUT2D eigenvalue weighted by Crippen LogP contribution is -2.42. The molecule has 2 fully saturated rings. The summed E-state index contributed by atoms with van der Waals surface area (Å²) in [5.41, 5.74) is 4.24. The van der Waals surface area contributed by atoms with E-state index in [2.05, 4.69) is 20.4 Å². The number of imidazole rings is 1. The van der Waals surface area contributed by atoms with Gasteiger partial charge in [-0.2, -0.15) is 5.09 Å². The molecular formula is C28H40FN6O8P. The number of alkyl halides is 1. The SMILES string of the molecule is CCOC1N=C(N)Nc2c1ncn2[C@@H]1O[C@H](COP(=O)(N[C@@H](C)C(=O)OC2CCCCC2)Oc2ccccc2)[C@@H](F)[C@@]1(C)O. The van der Waals surface area contributed by atoms with Gasteiger partial charge in [-0.3, -0.25) is 13.9 Å². The summed E-state index contributed by atoms with van der Waals surface area (Å²) in [5, 5.41) is 16.7. The van der Waals surface area contributed by atoms with Crippen LogP contribution in [0.15, 0.2) is 41.7 Å². The number of nitrogens with two attached hydrogens (primary N) is 1. The largest absolute Gasteiger partial charge is 0.461 e. The van der Waals surface area contributed by atoms with Gasteiger partial charge in [-0.25, -0.2) is 18.9 Å². The van der Waals surface area contributed by atoms with Gasteiger partial charge in [0.2, 0.25) is 0 Å². The minimum atomic E-state index is -4.31. The number of rotatable bonds is 12. The lowest BCUT2D eigenvalue weighted by atomic mass is 9.98. The zero-order valence-corrected chi connectivity index (χ0v) is 25.8. The van der Waals surface area contributed by atoms with E-state index in [1.54, 1.807) is 37.3 Å². The Bertz CT molecular complexity index is 1370. The van der Waals surface area contributed by atoms with Crippen LogP contribution in [0.3, 0.4) is 0 Å². The molecule has 1 aromatic heterocycles. The molecule has 7 atom stereocenters. The number of aromatic nitrogens is 2. The Kier molecular flexibility index (Phi) is 9.93. The Balaban J connectivity index is 1.31. The maximum absolute atomic E-state index is 15.8. The zero-order valence-electron chi connectivity index (χ0n) is 24.9. The van der Waals surface area contributed by atoms with Crippen molar-refractivity contribution in [2.24, 2.45) is 10.7 Å². The van der Waals surface area contributed by atoms with Crippen LogP contribution in [0.25, 0.3) is 0 Å². The molecule has 1 saturated carbocycles. The zero-order chi connectivity index (χ0) is 31.5. The number of carbonyl (C=O) groups excluding carboxylic acids is 1. The fourth-order valence-corrected chi connectivity index (χ4v) is 6.96. The van der Waals surface area contributed by atoms with Crippen molar-refractivity contribution in [3.63, 3.8) is 0 Å². The number of aliphatic imine (C=N–C) groups is 1. The monoisotopic (exact) mass is 638 g/mol. The second kappa shape index (κ2) is 13.5. The third-order valence-electron chi connectivity index (χ3n) is 7.74. The number of halogens is 1. The van der Waals surface area contributed by atoms with E-state index in [0.717, 1.165) is 32.1 Å². The van der Waals surface area contributed by atoms with Crippen molar-refractivity contribution in [3.8, 4) is 5.75 Å². The topological polar surface area (TPSA) is 181 Å². The number of nitrogens with one attached hydrogen (secondary N) is 2. The van der Waals surface area contributed by atoms with E-state index in [-0.39, 0.29) is 17.8 Å². The number of benzene rings is 1. The van der Waals surface area contributed by atoms with Gasteiger partial charge in [0.25, 0.3) is 0 Å². The summed E-state index contributed by atoms with van der Waals surface area (Å²) in [6.45, 7) is 4.30. The third-order valence-corrected chi connectivity index (χ3v) is 9.39. The summed E-state index contributed by atoms with van der Waals surface area (Å²) >= 11 is 0. The van der Waals surface area contributed by atoms with Gasteiger partial charge in [-0.15, -0.1) is 0 Å². The molecule has 1 aromatic carbocycles. The summed E-state index contributed by atoms with van der Waals surface area (Å²) in [7, 11) is -4.31. The Hall–Kier alpha value is -3.07. The van der Waals surface area contributed by atoms with E-state index >= 15 is 4.39 Å². The first-order valence-corrected chi connectivity index (χ1v) is 16.3. The fraction of sp³-hybridized carbons (Fsp3) is 0.607. The van der Waals surface area contributed by atoms with Crippen LogP contribution in [0.2, 0.25) is 0 Å². The Morgan fingerprint density at radius 2 is 2.05 bits per heavy atom. The van der Waals surface area contributed by atoms with E-state index in [9.17, 15) is 14.5 Å². The average Bonchev–Trinajstić information content (AvgIpc) is 3.50. The van der Waals surface area contributed by atoms with Crippen molar-refractivity contribution in [3.05, 3.63) is 42.4 Å². The highest BCUT2D eigenvalue weighted by atomic mass is 31.2. The van der Waals surface area contributed by atoms with Gasteiger partial charge in [0.1, 0.15) is 41.1 Å². The molecule has 0 amide bonds. The standard InChI is InChI=1S/C28H40FN6O8P/c1-4-39-24-21-23(32-27(30)33-24)35(16-31-21)26-28(3,37)22(29)20(42-26)15-40-44(38,43-19-13-9-6-10-14-19)34-17(2)25(36)41-18-11-7-5-8-12-18/h6,9-10,13-14,16-18,20,22,24,26,37H,4-5,7-8,11-12,15H2,1-3H3,(H,34,38)(H3,30,32,33)/t17-,20+,22+,24?,26+,28+,44?/m0/s1. The summed E-state index contributed by atoms with van der Waals surface area (Å²) in [6.07, 6.45) is 0.295. The highest BCUT2D eigenvalue weighted by Crippen LogP contribution is 2.48. The van der Waals surface area contributed by atoms with Crippen molar-refractivity contribution in [1.82, 2.24) is 14.6 Å². The second-order valence-electron chi connectivity index (χ2n) is 11.2. The predicted molar refractivity (Wildman–Crippen MR) is 157 cm³/mol. The molecule has 2 aromatic rings. The minimum Gasteiger partial charge on any atom is -0.461 e. The molecule has 44 heavy (non-hydrogen) atoms. The van der Waals surface area contributed by atoms with Gasteiger partial charge in [0.05, 0.1) is 12.9 Å². The minimum absolute atomic E-state index is 0.0493. The van der Waals surface area contributed by atoms with Gasteiger partial charge in [0, 0.05) is 6.61 Å². The molecule has 0 bridgehead atoms. The number of hydrogen-bond acceptors (Lipinski definition) is 12. The summed E-state index contributed by atoms with van der Waals surface area (Å²) in [4.78, 5) is 21.3. The highest BCUT2D eigenvalue weighted by molar-refractivity contribution is 7.52. The van der Waals surface area contributed by atoms with Gasteiger partial charge >= 0.3 is 13.7 Å². The van der Waals surface area contributed by atoms with Crippen LogP contribution in [-0.4, -0.2) is 69.8 Å². The Morgan fingerprint density at radius 3 is 2.75 bits per heavy atom. The molecule has 242 valence electrons. The van der Waals surface area contributed by atoms with Crippen molar-refractivity contribution < 1.29 is 42.1 Å². The normalized spacial score (nSPS) is 29.2. The van der Waals surface area contributed by atoms with E-state index < -0.39 is 56.7 Å². The maximum atomic E-state index is 15.8. The van der Waals surface area contributed by atoms with Crippen molar-refractivity contribution in [2.75, 3.05) is 18.5 Å². The number of nitrogens with zero attached hydrogens (tertiary/aromatic N) is 3. The van der Waals surface area contributed by atoms with Crippen LogP contribution >= 0.6 is 7.75 Å². The number of aliphatic hydroxyl groups is 1. The molecule has 0 spiro atoms. The quantitative estimate of drug-likeness (QED) is 0.196. The van der Waals surface area contributed by atoms with Gasteiger partial charge < -0.3 is 34.9 Å². The average molecular weight is 639 g/mol.